The zero-order valence-electron chi connectivity index (χ0n) is 7.54. The first-order valence-corrected chi connectivity index (χ1v) is 3.86. The molecule has 0 fully saturated rings. The molecule has 0 saturated carbocycles. The van der Waals surface area contributed by atoms with Crippen molar-refractivity contribution in [3.05, 3.63) is 12.4 Å². The first-order chi connectivity index (χ1) is 6.16. The molecular weight excluding hydrogens is 172 g/mol. The smallest absolute Gasteiger partial charge is 0.324 e. The molecule has 6 nitrogen and oxygen atoms in total. The lowest BCUT2D eigenvalue weighted by molar-refractivity contribution is -0.143. The van der Waals surface area contributed by atoms with Gasteiger partial charge >= 0.3 is 5.97 Å². The monoisotopic (exact) mass is 184 g/mol. The molecule has 0 radical (unpaired) electrons. The van der Waals surface area contributed by atoms with Crippen molar-refractivity contribution in [2.45, 2.75) is 19.0 Å². The molecule has 2 N–H and O–H groups in total. The van der Waals surface area contributed by atoms with Gasteiger partial charge in [-0.1, -0.05) is 0 Å². The van der Waals surface area contributed by atoms with Crippen molar-refractivity contribution in [2.75, 3.05) is 7.11 Å². The van der Waals surface area contributed by atoms with E-state index in [0.29, 0.717) is 0 Å². The fourth-order valence-electron chi connectivity index (χ4n) is 0.913. The zero-order chi connectivity index (χ0) is 9.84. The molecule has 6 heteroatoms. The van der Waals surface area contributed by atoms with Crippen molar-refractivity contribution in [2.24, 2.45) is 5.73 Å². The zero-order valence-corrected chi connectivity index (χ0v) is 7.54. The molecule has 1 rings (SSSR count). The summed E-state index contributed by atoms with van der Waals surface area (Å²) in [5.41, 5.74) is 5.59. The summed E-state index contributed by atoms with van der Waals surface area (Å²) in [4.78, 5) is 12.4. The lowest BCUT2D eigenvalue weighted by atomic mass is 10.2. The van der Waals surface area contributed by atoms with Gasteiger partial charge in [-0.05, 0) is 6.92 Å². The normalized spacial score (nSPS) is 15.0. The number of nitrogens with two attached hydrogens (primary N) is 1. The van der Waals surface area contributed by atoms with Gasteiger partial charge in [-0.15, -0.1) is 0 Å². The number of carbonyl (C=O) groups excluding carboxylic acids is 1. The van der Waals surface area contributed by atoms with Gasteiger partial charge in [0.1, 0.15) is 6.04 Å². The van der Waals surface area contributed by atoms with Gasteiger partial charge in [0.05, 0.1) is 25.5 Å². The molecule has 1 aromatic rings. The van der Waals surface area contributed by atoms with Gasteiger partial charge < -0.3 is 10.5 Å². The minimum Gasteiger partial charge on any atom is -0.468 e. The lowest BCUT2D eigenvalue weighted by Crippen LogP contribution is -2.39. The minimum atomic E-state index is -0.739. The van der Waals surface area contributed by atoms with E-state index in [1.807, 2.05) is 0 Å². The summed E-state index contributed by atoms with van der Waals surface area (Å²) in [6.45, 7) is 1.75. The summed E-state index contributed by atoms with van der Waals surface area (Å²) >= 11 is 0. The molecule has 0 aliphatic carbocycles. The summed E-state index contributed by atoms with van der Waals surface area (Å²) < 4.78 is 4.50. The van der Waals surface area contributed by atoms with E-state index in [1.54, 1.807) is 6.92 Å². The number of esters is 1. The van der Waals surface area contributed by atoms with Crippen LogP contribution in [0.15, 0.2) is 12.4 Å². The Morgan fingerprint density at radius 1 is 1.54 bits per heavy atom. The molecule has 0 spiro atoms. The summed E-state index contributed by atoms with van der Waals surface area (Å²) in [7, 11) is 1.30. The van der Waals surface area contributed by atoms with Crippen LogP contribution in [-0.2, 0) is 9.53 Å². The third kappa shape index (κ3) is 2.03. The lowest BCUT2D eigenvalue weighted by Gasteiger charge is -2.16. The summed E-state index contributed by atoms with van der Waals surface area (Å²) in [5.74, 6) is -0.468. The minimum absolute atomic E-state index is 0.303. The molecule has 0 unspecified atom stereocenters. The standard InChI is InChI=1S/C7H12N4O2/c1-5(6(8)7(12)13-2)11-9-3-4-10-11/h3-6H,8H2,1-2H3/t5-,6-/m1/s1. The fourth-order valence-corrected chi connectivity index (χ4v) is 0.913. The number of carbonyl (C=O) groups is 1. The van der Waals surface area contributed by atoms with Crippen LogP contribution in [0.2, 0.25) is 0 Å². The Kier molecular flexibility index (Phi) is 2.97. The van der Waals surface area contributed by atoms with Crippen LogP contribution < -0.4 is 5.73 Å². The van der Waals surface area contributed by atoms with Gasteiger partial charge in [0, 0.05) is 0 Å². The number of hydrogen-bond donors (Lipinski definition) is 1. The molecule has 0 saturated heterocycles. The van der Waals surface area contributed by atoms with Crippen molar-refractivity contribution in [1.82, 2.24) is 15.0 Å². The highest BCUT2D eigenvalue weighted by Gasteiger charge is 2.23. The molecule has 72 valence electrons. The van der Waals surface area contributed by atoms with E-state index in [-0.39, 0.29) is 6.04 Å². The molecule has 1 heterocycles. The van der Waals surface area contributed by atoms with Crippen molar-refractivity contribution < 1.29 is 9.53 Å². The van der Waals surface area contributed by atoms with Crippen LogP contribution >= 0.6 is 0 Å². The van der Waals surface area contributed by atoms with Crippen LogP contribution in [0.25, 0.3) is 0 Å². The molecule has 13 heavy (non-hydrogen) atoms. The summed E-state index contributed by atoms with van der Waals surface area (Å²) in [6, 6.07) is -1.04. The first-order valence-electron chi connectivity index (χ1n) is 3.86. The molecule has 0 aliphatic heterocycles. The van der Waals surface area contributed by atoms with E-state index in [0.717, 1.165) is 0 Å². The van der Waals surface area contributed by atoms with E-state index >= 15 is 0 Å². The predicted octanol–water partition coefficient (Wildman–Crippen LogP) is -0.661. The van der Waals surface area contributed by atoms with Crippen molar-refractivity contribution in [3.63, 3.8) is 0 Å². The van der Waals surface area contributed by atoms with Crippen LogP contribution in [0.4, 0.5) is 0 Å². The van der Waals surface area contributed by atoms with Crippen LogP contribution in [-0.4, -0.2) is 34.1 Å². The van der Waals surface area contributed by atoms with Crippen molar-refractivity contribution in [3.8, 4) is 0 Å². The number of nitrogens with zero attached hydrogens (tertiary/aromatic N) is 3. The molecule has 0 aromatic carbocycles. The maximum absolute atomic E-state index is 11.0. The van der Waals surface area contributed by atoms with E-state index in [9.17, 15) is 4.79 Å². The second-order valence-corrected chi connectivity index (χ2v) is 2.64. The molecule has 1 aromatic heterocycles. The number of ether oxygens (including phenoxy) is 1. The number of hydrogen-bond acceptors (Lipinski definition) is 5. The van der Waals surface area contributed by atoms with E-state index < -0.39 is 12.0 Å². The highest BCUT2D eigenvalue weighted by atomic mass is 16.5. The Labute approximate surface area is 75.7 Å². The Hall–Kier alpha value is -1.43. The molecule has 2 atom stereocenters. The second-order valence-electron chi connectivity index (χ2n) is 2.64. The SMILES string of the molecule is COC(=O)[C@H](N)[C@@H](C)n1nccn1. The third-order valence-electron chi connectivity index (χ3n) is 1.79. The second kappa shape index (κ2) is 3.99. The Bertz CT molecular complexity index is 272. The number of methoxy groups -OCH3 is 1. The van der Waals surface area contributed by atoms with E-state index in [1.165, 1.54) is 24.3 Å². The molecule has 0 aliphatic rings. The predicted molar refractivity (Wildman–Crippen MR) is 44.7 cm³/mol. The fraction of sp³-hybridized carbons (Fsp3) is 0.571. The summed E-state index contributed by atoms with van der Waals surface area (Å²) in [6.07, 6.45) is 3.06. The Morgan fingerprint density at radius 2 is 2.08 bits per heavy atom. The Morgan fingerprint density at radius 3 is 2.54 bits per heavy atom. The van der Waals surface area contributed by atoms with Crippen LogP contribution in [0.1, 0.15) is 13.0 Å². The van der Waals surface area contributed by atoms with Gasteiger partial charge in [-0.2, -0.15) is 15.0 Å². The van der Waals surface area contributed by atoms with Gasteiger partial charge in [-0.3, -0.25) is 4.79 Å². The average molecular weight is 184 g/mol. The topological polar surface area (TPSA) is 83.0 Å². The molecule has 0 bridgehead atoms. The van der Waals surface area contributed by atoms with Crippen LogP contribution in [0.5, 0.6) is 0 Å². The maximum Gasteiger partial charge on any atom is 0.324 e. The van der Waals surface area contributed by atoms with Crippen LogP contribution in [0, 0.1) is 0 Å². The van der Waals surface area contributed by atoms with E-state index in [4.69, 9.17) is 5.73 Å². The largest absolute Gasteiger partial charge is 0.468 e. The Balaban J connectivity index is 2.68. The van der Waals surface area contributed by atoms with Crippen molar-refractivity contribution in [1.29, 1.82) is 0 Å². The van der Waals surface area contributed by atoms with Gasteiger partial charge in [0.2, 0.25) is 0 Å². The maximum atomic E-state index is 11.0. The first kappa shape index (κ1) is 9.66. The molecule has 0 amide bonds. The van der Waals surface area contributed by atoms with Gasteiger partial charge in [-0.25, -0.2) is 0 Å². The summed E-state index contributed by atoms with van der Waals surface area (Å²) in [5, 5.41) is 7.74. The highest BCUT2D eigenvalue weighted by Crippen LogP contribution is 2.06. The number of aromatic nitrogens is 3. The van der Waals surface area contributed by atoms with Gasteiger partial charge in [0.15, 0.2) is 0 Å². The highest BCUT2D eigenvalue weighted by molar-refractivity contribution is 5.75. The van der Waals surface area contributed by atoms with Crippen molar-refractivity contribution >= 4 is 5.97 Å². The molecular formula is C7H12N4O2. The number of rotatable bonds is 3. The quantitative estimate of drug-likeness (QED) is 0.630. The van der Waals surface area contributed by atoms with E-state index in [2.05, 4.69) is 14.9 Å². The van der Waals surface area contributed by atoms with Crippen LogP contribution in [0.3, 0.4) is 0 Å². The average Bonchev–Trinajstić information content (AvgIpc) is 2.67. The van der Waals surface area contributed by atoms with Gasteiger partial charge in [0.25, 0.3) is 0 Å². The third-order valence-corrected chi connectivity index (χ3v) is 1.79.